The fourth-order valence-electron chi connectivity index (χ4n) is 2.34. The zero-order valence-electron chi connectivity index (χ0n) is 10.6. The Morgan fingerprint density at radius 2 is 1.89 bits per heavy atom. The number of ketones is 1. The maximum Gasteiger partial charge on any atom is 0.234 e. The molecule has 1 aromatic rings. The van der Waals surface area contributed by atoms with Gasteiger partial charge < -0.3 is 4.90 Å². The molecule has 1 heterocycles. The number of para-hydroxylation sites is 1. The smallest absolute Gasteiger partial charge is 0.234 e. The number of anilines is 1. The van der Waals surface area contributed by atoms with Gasteiger partial charge in [0, 0.05) is 12.6 Å². The molecule has 0 saturated heterocycles. The molecule has 0 saturated carbocycles. The Labute approximate surface area is 106 Å². The fourth-order valence-corrected chi connectivity index (χ4v) is 2.34. The molecule has 0 bridgehead atoms. The maximum atomic E-state index is 12.4. The molecule has 0 aromatic heterocycles. The highest BCUT2D eigenvalue weighted by Crippen LogP contribution is 2.38. The van der Waals surface area contributed by atoms with E-state index >= 15 is 0 Å². The van der Waals surface area contributed by atoms with Gasteiger partial charge in [0.15, 0.2) is 5.78 Å². The molecule has 0 fully saturated rings. The highest BCUT2D eigenvalue weighted by Gasteiger charge is 2.47. The monoisotopic (exact) mass is 242 g/mol. The Hall–Kier alpha value is -2.15. The van der Waals surface area contributed by atoms with E-state index in [1.807, 2.05) is 6.07 Å². The maximum absolute atomic E-state index is 12.4. The van der Waals surface area contributed by atoms with Gasteiger partial charge in [-0.2, -0.15) is 5.26 Å². The molecule has 1 unspecified atom stereocenters. The number of hydrogen-bond donors (Lipinski definition) is 0. The first-order valence-corrected chi connectivity index (χ1v) is 5.72. The van der Waals surface area contributed by atoms with Crippen molar-refractivity contribution in [3.63, 3.8) is 0 Å². The lowest BCUT2D eigenvalue weighted by molar-refractivity contribution is -0.127. The first-order chi connectivity index (χ1) is 8.41. The van der Waals surface area contributed by atoms with Crippen LogP contribution >= 0.6 is 0 Å². The summed E-state index contributed by atoms with van der Waals surface area (Å²) >= 11 is 0. The first-order valence-electron chi connectivity index (χ1n) is 5.72. The molecule has 4 nitrogen and oxygen atoms in total. The van der Waals surface area contributed by atoms with E-state index in [1.54, 1.807) is 45.2 Å². The van der Waals surface area contributed by atoms with Crippen LogP contribution in [0.5, 0.6) is 0 Å². The van der Waals surface area contributed by atoms with E-state index in [2.05, 4.69) is 0 Å². The van der Waals surface area contributed by atoms with Crippen molar-refractivity contribution in [1.29, 1.82) is 5.26 Å². The Balaban J connectivity index is 2.72. The number of carbonyl (C=O) groups excluding carboxylic acids is 2. The van der Waals surface area contributed by atoms with Crippen molar-refractivity contribution >= 4 is 17.4 Å². The molecule has 92 valence electrons. The van der Waals surface area contributed by atoms with Crippen molar-refractivity contribution in [2.75, 3.05) is 11.9 Å². The number of benzene rings is 1. The van der Waals surface area contributed by atoms with Gasteiger partial charge in [-0.3, -0.25) is 9.59 Å². The van der Waals surface area contributed by atoms with E-state index in [0.29, 0.717) is 11.3 Å². The second-order valence-electron chi connectivity index (χ2n) is 5.03. The molecule has 1 aliphatic rings. The molecule has 1 amide bonds. The number of Topliss-reactive ketones (excluding diaryl/α,β-unsaturated/α-hetero) is 1. The van der Waals surface area contributed by atoms with Crippen molar-refractivity contribution in [3.8, 4) is 6.07 Å². The predicted octanol–water partition coefficient (Wildman–Crippen LogP) is 2.01. The van der Waals surface area contributed by atoms with Crippen LogP contribution in [-0.2, 0) is 4.79 Å². The third kappa shape index (κ3) is 1.52. The van der Waals surface area contributed by atoms with Gasteiger partial charge in [0.1, 0.15) is 5.92 Å². The van der Waals surface area contributed by atoms with Gasteiger partial charge >= 0.3 is 0 Å². The van der Waals surface area contributed by atoms with E-state index in [-0.39, 0.29) is 11.7 Å². The fraction of sp³-hybridized carbons (Fsp3) is 0.357. The van der Waals surface area contributed by atoms with Crippen LogP contribution in [-0.4, -0.2) is 18.7 Å². The molecule has 1 aromatic carbocycles. The van der Waals surface area contributed by atoms with Crippen LogP contribution in [0.3, 0.4) is 0 Å². The Kier molecular flexibility index (Phi) is 2.70. The predicted molar refractivity (Wildman–Crippen MR) is 67.1 cm³/mol. The minimum atomic E-state index is -1.01. The largest absolute Gasteiger partial charge is 0.314 e. The summed E-state index contributed by atoms with van der Waals surface area (Å²) in [6, 6.07) is 8.87. The number of carbonyl (C=O) groups is 2. The molecular formula is C14H14N2O2. The summed E-state index contributed by atoms with van der Waals surface area (Å²) in [5, 5.41) is 9.21. The summed E-state index contributed by atoms with van der Waals surface area (Å²) in [7, 11) is 1.63. The van der Waals surface area contributed by atoms with Crippen LogP contribution in [0.25, 0.3) is 0 Å². The Morgan fingerprint density at radius 1 is 1.28 bits per heavy atom. The van der Waals surface area contributed by atoms with Gasteiger partial charge in [-0.05, 0) is 26.0 Å². The van der Waals surface area contributed by atoms with Crippen molar-refractivity contribution in [2.24, 2.45) is 11.3 Å². The van der Waals surface area contributed by atoms with E-state index in [4.69, 9.17) is 0 Å². The lowest BCUT2D eigenvalue weighted by Crippen LogP contribution is -2.42. The number of nitriles is 1. The summed E-state index contributed by atoms with van der Waals surface area (Å²) in [6.45, 7) is 3.28. The minimum Gasteiger partial charge on any atom is -0.314 e. The van der Waals surface area contributed by atoms with Gasteiger partial charge in [-0.1, -0.05) is 12.1 Å². The number of nitrogens with zero attached hydrogens (tertiary/aromatic N) is 2. The molecule has 0 aliphatic carbocycles. The SMILES string of the molecule is CN1C(=O)C(C)(C)C(C#N)C(=O)c2ccccc21. The van der Waals surface area contributed by atoms with Crippen LogP contribution in [0.1, 0.15) is 24.2 Å². The van der Waals surface area contributed by atoms with Crippen LogP contribution in [0.2, 0.25) is 0 Å². The third-order valence-corrected chi connectivity index (χ3v) is 3.50. The quantitative estimate of drug-likeness (QED) is 0.699. The van der Waals surface area contributed by atoms with E-state index < -0.39 is 11.3 Å². The van der Waals surface area contributed by atoms with E-state index in [0.717, 1.165) is 0 Å². The van der Waals surface area contributed by atoms with E-state index in [1.165, 1.54) is 4.90 Å². The number of amides is 1. The molecule has 1 atom stereocenters. The van der Waals surface area contributed by atoms with Gasteiger partial charge in [0.2, 0.25) is 5.91 Å². The summed E-state index contributed by atoms with van der Waals surface area (Å²) in [4.78, 5) is 26.2. The van der Waals surface area contributed by atoms with Crippen molar-refractivity contribution in [3.05, 3.63) is 29.8 Å². The molecule has 4 heteroatoms. The van der Waals surface area contributed by atoms with Crippen molar-refractivity contribution in [2.45, 2.75) is 13.8 Å². The van der Waals surface area contributed by atoms with Crippen LogP contribution in [0.4, 0.5) is 5.69 Å². The normalized spacial score (nSPS) is 22.1. The summed E-state index contributed by atoms with van der Waals surface area (Å²) in [5.41, 5.74) is -0.0108. The Morgan fingerprint density at radius 3 is 2.50 bits per heavy atom. The second-order valence-corrected chi connectivity index (χ2v) is 5.03. The Bertz CT molecular complexity index is 569. The third-order valence-electron chi connectivity index (χ3n) is 3.50. The summed E-state index contributed by atoms with van der Waals surface area (Å²) in [5.74, 6) is -1.45. The van der Waals surface area contributed by atoms with Crippen LogP contribution in [0, 0.1) is 22.7 Å². The lowest BCUT2D eigenvalue weighted by atomic mass is 9.76. The topological polar surface area (TPSA) is 61.2 Å². The zero-order chi connectivity index (χ0) is 13.5. The molecule has 1 aliphatic heterocycles. The number of rotatable bonds is 0. The molecule has 18 heavy (non-hydrogen) atoms. The molecular weight excluding hydrogens is 228 g/mol. The highest BCUT2D eigenvalue weighted by atomic mass is 16.2. The van der Waals surface area contributed by atoms with E-state index in [9.17, 15) is 14.9 Å². The minimum absolute atomic E-state index is 0.215. The highest BCUT2D eigenvalue weighted by molar-refractivity contribution is 6.14. The zero-order valence-corrected chi connectivity index (χ0v) is 10.6. The van der Waals surface area contributed by atoms with Gasteiger partial charge in [-0.25, -0.2) is 0 Å². The van der Waals surface area contributed by atoms with Gasteiger partial charge in [0.25, 0.3) is 0 Å². The number of fused-ring (bicyclic) bond motifs is 1. The van der Waals surface area contributed by atoms with Crippen molar-refractivity contribution in [1.82, 2.24) is 0 Å². The second kappa shape index (κ2) is 3.95. The van der Waals surface area contributed by atoms with Crippen LogP contribution < -0.4 is 4.90 Å². The average Bonchev–Trinajstić information content (AvgIpc) is 2.41. The van der Waals surface area contributed by atoms with Crippen molar-refractivity contribution < 1.29 is 9.59 Å². The molecule has 2 rings (SSSR count). The average molecular weight is 242 g/mol. The number of hydrogen-bond acceptors (Lipinski definition) is 3. The molecule has 0 radical (unpaired) electrons. The molecule has 0 spiro atoms. The van der Waals surface area contributed by atoms with Gasteiger partial charge in [-0.15, -0.1) is 0 Å². The summed E-state index contributed by atoms with van der Waals surface area (Å²) < 4.78 is 0. The lowest BCUT2D eigenvalue weighted by Gasteiger charge is -2.28. The standard InChI is InChI=1S/C14H14N2O2/c1-14(2)10(8-15)12(17)9-6-4-5-7-11(9)16(3)13(14)18/h4-7,10H,1-3H3. The summed E-state index contributed by atoms with van der Waals surface area (Å²) in [6.07, 6.45) is 0. The van der Waals surface area contributed by atoms with Gasteiger partial charge in [0.05, 0.1) is 17.2 Å². The van der Waals surface area contributed by atoms with Crippen LogP contribution in [0.15, 0.2) is 24.3 Å². The molecule has 0 N–H and O–H groups in total. The first kappa shape index (κ1) is 12.3.